The molecule has 0 saturated heterocycles. The van der Waals surface area contributed by atoms with Crippen molar-refractivity contribution in [2.24, 2.45) is 0 Å². The number of nitrogens with one attached hydrogen (secondary N) is 1. The molecule has 0 spiro atoms. The Morgan fingerprint density at radius 1 is 1.05 bits per heavy atom. The number of aliphatic hydroxyl groups is 1. The number of hydrogen-bond acceptors (Lipinski definition) is 3. The van der Waals surface area contributed by atoms with Gasteiger partial charge in [-0.1, -0.05) is 37.3 Å². The van der Waals surface area contributed by atoms with Crippen LogP contribution < -0.4 is 10.1 Å². The predicted octanol–water partition coefficient (Wildman–Crippen LogP) is 3.27. The minimum atomic E-state index is -0.0224. The van der Waals surface area contributed by atoms with Gasteiger partial charge in [-0.15, -0.1) is 0 Å². The normalized spacial score (nSPS) is 13.6. The molecule has 0 aliphatic heterocycles. The van der Waals surface area contributed by atoms with Crippen molar-refractivity contribution in [2.75, 3.05) is 19.0 Å². The molecule has 0 aliphatic carbocycles. The Kier molecular flexibility index (Phi) is 5.02. The highest BCUT2D eigenvalue weighted by atomic mass is 16.5. The second-order valence-electron chi connectivity index (χ2n) is 4.86. The Morgan fingerprint density at radius 2 is 1.70 bits per heavy atom. The second-order valence-corrected chi connectivity index (χ2v) is 4.86. The third-order valence-electron chi connectivity index (χ3n) is 3.57. The van der Waals surface area contributed by atoms with Crippen molar-refractivity contribution < 1.29 is 9.84 Å². The Morgan fingerprint density at radius 3 is 2.25 bits per heavy atom. The van der Waals surface area contributed by atoms with Gasteiger partial charge in [0.15, 0.2) is 0 Å². The number of rotatable bonds is 6. The number of methoxy groups -OCH3 is 1. The van der Waals surface area contributed by atoms with Crippen molar-refractivity contribution in [3.63, 3.8) is 0 Å². The maximum atomic E-state index is 9.63. The minimum absolute atomic E-state index is 0.0224. The SMILES string of the molecule is COc1ccc(NC(CO)C(C)c2ccccc2)cc1. The number of benzene rings is 2. The van der Waals surface area contributed by atoms with Gasteiger partial charge in [-0.05, 0) is 29.8 Å². The molecule has 0 bridgehead atoms. The fourth-order valence-electron chi connectivity index (χ4n) is 2.22. The van der Waals surface area contributed by atoms with Gasteiger partial charge in [-0.25, -0.2) is 0 Å². The fourth-order valence-corrected chi connectivity index (χ4v) is 2.22. The summed E-state index contributed by atoms with van der Waals surface area (Å²) < 4.78 is 5.14. The Bertz CT molecular complexity index is 510. The molecule has 2 unspecified atom stereocenters. The van der Waals surface area contributed by atoms with E-state index in [-0.39, 0.29) is 18.6 Å². The van der Waals surface area contributed by atoms with Gasteiger partial charge in [-0.2, -0.15) is 0 Å². The first-order valence-corrected chi connectivity index (χ1v) is 6.81. The quantitative estimate of drug-likeness (QED) is 0.847. The lowest BCUT2D eigenvalue weighted by Gasteiger charge is -2.24. The molecule has 2 atom stereocenters. The van der Waals surface area contributed by atoms with Crippen molar-refractivity contribution in [3.05, 3.63) is 60.2 Å². The van der Waals surface area contributed by atoms with E-state index in [4.69, 9.17) is 4.74 Å². The molecule has 0 radical (unpaired) electrons. The Labute approximate surface area is 120 Å². The van der Waals surface area contributed by atoms with Crippen LogP contribution in [0.1, 0.15) is 18.4 Å². The molecule has 0 saturated carbocycles. The maximum Gasteiger partial charge on any atom is 0.119 e. The van der Waals surface area contributed by atoms with E-state index in [0.29, 0.717) is 0 Å². The Hall–Kier alpha value is -2.00. The molecular weight excluding hydrogens is 250 g/mol. The van der Waals surface area contributed by atoms with E-state index in [1.807, 2.05) is 42.5 Å². The van der Waals surface area contributed by atoms with Crippen molar-refractivity contribution in [1.29, 1.82) is 0 Å². The summed E-state index contributed by atoms with van der Waals surface area (Å²) in [6, 6.07) is 17.9. The smallest absolute Gasteiger partial charge is 0.119 e. The van der Waals surface area contributed by atoms with Crippen molar-refractivity contribution in [1.82, 2.24) is 0 Å². The van der Waals surface area contributed by atoms with Crippen LogP contribution in [0.4, 0.5) is 5.69 Å². The summed E-state index contributed by atoms with van der Waals surface area (Å²) in [6.45, 7) is 2.20. The van der Waals surface area contributed by atoms with Crippen molar-refractivity contribution in [2.45, 2.75) is 18.9 Å². The lowest BCUT2D eigenvalue weighted by molar-refractivity contribution is 0.262. The van der Waals surface area contributed by atoms with Gasteiger partial charge in [0.25, 0.3) is 0 Å². The number of hydrogen-bond donors (Lipinski definition) is 2. The molecule has 106 valence electrons. The van der Waals surface area contributed by atoms with Crippen molar-refractivity contribution in [3.8, 4) is 5.75 Å². The molecular formula is C17H21NO2. The van der Waals surface area contributed by atoms with Crippen LogP contribution in [0.5, 0.6) is 5.75 Å². The second kappa shape index (κ2) is 6.96. The standard InChI is InChI=1S/C17H21NO2/c1-13(14-6-4-3-5-7-14)17(12-19)18-15-8-10-16(20-2)11-9-15/h3-11,13,17-19H,12H2,1-2H3. The minimum Gasteiger partial charge on any atom is -0.497 e. The summed E-state index contributed by atoms with van der Waals surface area (Å²) in [5.41, 5.74) is 2.19. The first-order valence-electron chi connectivity index (χ1n) is 6.81. The zero-order valence-electron chi connectivity index (χ0n) is 11.9. The summed E-state index contributed by atoms with van der Waals surface area (Å²) in [5, 5.41) is 13.0. The van der Waals surface area contributed by atoms with Gasteiger partial charge in [-0.3, -0.25) is 0 Å². The molecule has 0 aromatic heterocycles. The van der Waals surface area contributed by atoms with Gasteiger partial charge in [0.1, 0.15) is 5.75 Å². The highest BCUT2D eigenvalue weighted by Crippen LogP contribution is 2.23. The van der Waals surface area contributed by atoms with Crippen LogP contribution in [-0.4, -0.2) is 24.9 Å². The van der Waals surface area contributed by atoms with Crippen LogP contribution in [0, 0.1) is 0 Å². The van der Waals surface area contributed by atoms with Crippen LogP contribution in [0.25, 0.3) is 0 Å². The van der Waals surface area contributed by atoms with Gasteiger partial charge in [0.05, 0.1) is 19.8 Å². The van der Waals surface area contributed by atoms with E-state index < -0.39 is 0 Å². The predicted molar refractivity (Wildman–Crippen MR) is 82.3 cm³/mol. The average Bonchev–Trinajstić information content (AvgIpc) is 2.53. The van der Waals surface area contributed by atoms with Crippen LogP contribution in [0.3, 0.4) is 0 Å². The number of aliphatic hydroxyl groups excluding tert-OH is 1. The molecule has 0 heterocycles. The molecule has 2 N–H and O–H groups in total. The van der Waals surface area contributed by atoms with Crippen molar-refractivity contribution >= 4 is 5.69 Å². The first kappa shape index (κ1) is 14.4. The summed E-state index contributed by atoms with van der Waals surface area (Å²) in [7, 11) is 1.65. The van der Waals surface area contributed by atoms with E-state index in [1.165, 1.54) is 5.56 Å². The van der Waals surface area contributed by atoms with Gasteiger partial charge >= 0.3 is 0 Å². The summed E-state index contributed by atoms with van der Waals surface area (Å²) in [4.78, 5) is 0. The molecule has 3 nitrogen and oxygen atoms in total. The molecule has 3 heteroatoms. The average molecular weight is 271 g/mol. The monoisotopic (exact) mass is 271 g/mol. The number of anilines is 1. The third-order valence-corrected chi connectivity index (χ3v) is 3.57. The van der Waals surface area contributed by atoms with Gasteiger partial charge < -0.3 is 15.2 Å². The first-order chi connectivity index (χ1) is 9.74. The van der Waals surface area contributed by atoms with Crippen LogP contribution in [-0.2, 0) is 0 Å². The highest BCUT2D eigenvalue weighted by Gasteiger charge is 2.17. The zero-order chi connectivity index (χ0) is 14.4. The molecule has 2 rings (SSSR count). The molecule has 0 amide bonds. The maximum absolute atomic E-state index is 9.63. The zero-order valence-corrected chi connectivity index (χ0v) is 11.9. The Balaban J connectivity index is 2.08. The van der Waals surface area contributed by atoms with E-state index in [0.717, 1.165) is 11.4 Å². The van der Waals surface area contributed by atoms with Crippen LogP contribution in [0.2, 0.25) is 0 Å². The van der Waals surface area contributed by atoms with Crippen LogP contribution >= 0.6 is 0 Å². The van der Waals surface area contributed by atoms with E-state index in [9.17, 15) is 5.11 Å². The van der Waals surface area contributed by atoms with Gasteiger partial charge in [0.2, 0.25) is 0 Å². The lowest BCUT2D eigenvalue weighted by Crippen LogP contribution is -2.29. The molecule has 0 aliphatic rings. The van der Waals surface area contributed by atoms with Crippen LogP contribution in [0.15, 0.2) is 54.6 Å². The van der Waals surface area contributed by atoms with E-state index in [1.54, 1.807) is 7.11 Å². The van der Waals surface area contributed by atoms with E-state index in [2.05, 4.69) is 24.4 Å². The third kappa shape index (κ3) is 3.52. The lowest BCUT2D eigenvalue weighted by atomic mass is 9.93. The molecule has 0 fully saturated rings. The summed E-state index contributed by atoms with van der Waals surface area (Å²) in [6.07, 6.45) is 0. The molecule has 2 aromatic rings. The summed E-state index contributed by atoms with van der Waals surface area (Å²) in [5.74, 6) is 1.05. The largest absolute Gasteiger partial charge is 0.497 e. The number of ether oxygens (including phenoxy) is 1. The molecule has 20 heavy (non-hydrogen) atoms. The topological polar surface area (TPSA) is 41.5 Å². The fraction of sp³-hybridized carbons (Fsp3) is 0.294. The molecule has 2 aromatic carbocycles. The van der Waals surface area contributed by atoms with E-state index >= 15 is 0 Å². The van der Waals surface area contributed by atoms with Gasteiger partial charge in [0, 0.05) is 11.6 Å². The summed E-state index contributed by atoms with van der Waals surface area (Å²) >= 11 is 0. The highest BCUT2D eigenvalue weighted by molar-refractivity contribution is 5.47.